The summed E-state index contributed by atoms with van der Waals surface area (Å²) in [5.41, 5.74) is 4.02. The van der Waals surface area contributed by atoms with Crippen LogP contribution in [0.25, 0.3) is 0 Å². The van der Waals surface area contributed by atoms with E-state index in [2.05, 4.69) is 54.6 Å². The third-order valence-corrected chi connectivity index (χ3v) is 4.45. The van der Waals surface area contributed by atoms with Gasteiger partial charge in [0.05, 0.1) is 0 Å². The Kier molecular flexibility index (Phi) is 4.50. The lowest BCUT2D eigenvalue weighted by Crippen LogP contribution is -2.10. The standard InChI is InChI=1S/C15H20N2S/c1-11-12(2)17-10-15(11)18-14-7-5-4-6-13(14)8-9-16-3/h4-7,10,16-17H,8-9H2,1-3H3. The molecule has 3 heteroatoms. The Morgan fingerprint density at radius 1 is 1.17 bits per heavy atom. The first kappa shape index (κ1) is 13.2. The van der Waals surface area contributed by atoms with E-state index in [9.17, 15) is 0 Å². The van der Waals surface area contributed by atoms with Crippen molar-refractivity contribution in [1.82, 2.24) is 10.3 Å². The van der Waals surface area contributed by atoms with Gasteiger partial charge in [0.1, 0.15) is 0 Å². The average molecular weight is 260 g/mol. The summed E-state index contributed by atoms with van der Waals surface area (Å²) in [7, 11) is 2.00. The van der Waals surface area contributed by atoms with Gasteiger partial charge in [0.15, 0.2) is 0 Å². The summed E-state index contributed by atoms with van der Waals surface area (Å²) < 4.78 is 0. The summed E-state index contributed by atoms with van der Waals surface area (Å²) in [4.78, 5) is 5.97. The van der Waals surface area contributed by atoms with Gasteiger partial charge < -0.3 is 10.3 Å². The number of aromatic nitrogens is 1. The van der Waals surface area contributed by atoms with Crippen LogP contribution in [0.2, 0.25) is 0 Å². The minimum absolute atomic E-state index is 1.02. The van der Waals surface area contributed by atoms with Crippen LogP contribution in [0.3, 0.4) is 0 Å². The molecule has 0 saturated carbocycles. The van der Waals surface area contributed by atoms with Crippen LogP contribution in [-0.2, 0) is 6.42 Å². The molecule has 0 atom stereocenters. The quantitative estimate of drug-likeness (QED) is 0.860. The van der Waals surface area contributed by atoms with Crippen LogP contribution in [-0.4, -0.2) is 18.6 Å². The Hall–Kier alpha value is -1.19. The van der Waals surface area contributed by atoms with Crippen LogP contribution in [0, 0.1) is 13.8 Å². The number of likely N-dealkylation sites (N-methyl/N-ethyl adjacent to an activating group) is 1. The third-order valence-electron chi connectivity index (χ3n) is 3.19. The first-order valence-corrected chi connectivity index (χ1v) is 7.09. The Bertz CT molecular complexity index is 517. The molecule has 0 aliphatic rings. The lowest BCUT2D eigenvalue weighted by molar-refractivity contribution is 0.783. The van der Waals surface area contributed by atoms with E-state index < -0.39 is 0 Å². The van der Waals surface area contributed by atoms with Gasteiger partial charge >= 0.3 is 0 Å². The van der Waals surface area contributed by atoms with Crippen LogP contribution in [0.4, 0.5) is 0 Å². The van der Waals surface area contributed by atoms with E-state index >= 15 is 0 Å². The Morgan fingerprint density at radius 3 is 2.61 bits per heavy atom. The van der Waals surface area contributed by atoms with Gasteiger partial charge in [-0.25, -0.2) is 0 Å². The average Bonchev–Trinajstić information content (AvgIpc) is 2.70. The van der Waals surface area contributed by atoms with Crippen LogP contribution in [0.15, 0.2) is 40.3 Å². The molecule has 0 aliphatic heterocycles. The number of nitrogens with one attached hydrogen (secondary N) is 2. The summed E-state index contributed by atoms with van der Waals surface area (Å²) in [6.45, 7) is 5.30. The number of aromatic amines is 1. The van der Waals surface area contributed by atoms with E-state index in [4.69, 9.17) is 0 Å². The zero-order valence-electron chi connectivity index (χ0n) is 11.2. The fourth-order valence-electron chi connectivity index (χ4n) is 1.87. The maximum absolute atomic E-state index is 3.29. The van der Waals surface area contributed by atoms with Crippen molar-refractivity contribution in [3.05, 3.63) is 47.3 Å². The van der Waals surface area contributed by atoms with Crippen molar-refractivity contribution >= 4 is 11.8 Å². The SMILES string of the molecule is CNCCc1ccccc1Sc1c[nH]c(C)c1C. The molecule has 2 nitrogen and oxygen atoms in total. The van der Waals surface area contributed by atoms with Crippen molar-refractivity contribution in [1.29, 1.82) is 0 Å². The Labute approximate surface area is 113 Å². The number of hydrogen-bond acceptors (Lipinski definition) is 2. The van der Waals surface area contributed by atoms with Gasteiger partial charge in [0.25, 0.3) is 0 Å². The van der Waals surface area contributed by atoms with Crippen LogP contribution in [0.5, 0.6) is 0 Å². The summed E-state index contributed by atoms with van der Waals surface area (Å²) in [6, 6.07) is 8.65. The third kappa shape index (κ3) is 2.98. The predicted octanol–water partition coefficient (Wildman–Crippen LogP) is 3.54. The fourth-order valence-corrected chi connectivity index (χ4v) is 2.98. The smallest absolute Gasteiger partial charge is 0.0329 e. The molecule has 0 amide bonds. The summed E-state index contributed by atoms with van der Waals surface area (Å²) in [5.74, 6) is 0. The van der Waals surface area contributed by atoms with Crippen molar-refractivity contribution < 1.29 is 0 Å². The highest BCUT2D eigenvalue weighted by molar-refractivity contribution is 7.99. The van der Waals surface area contributed by atoms with Gasteiger partial charge in [0.2, 0.25) is 0 Å². The summed E-state index contributed by atoms with van der Waals surface area (Å²) >= 11 is 1.85. The van der Waals surface area contributed by atoms with E-state index in [1.54, 1.807) is 0 Å². The number of aryl methyl sites for hydroxylation is 1. The molecule has 2 rings (SSSR count). The highest BCUT2D eigenvalue weighted by atomic mass is 32.2. The summed E-state index contributed by atoms with van der Waals surface area (Å²) in [5, 5.41) is 3.21. The molecule has 2 N–H and O–H groups in total. The molecule has 1 heterocycles. The second-order valence-electron chi connectivity index (χ2n) is 4.47. The molecule has 0 bridgehead atoms. The van der Waals surface area contributed by atoms with Gasteiger partial charge in [-0.05, 0) is 51.1 Å². The topological polar surface area (TPSA) is 27.8 Å². The van der Waals surface area contributed by atoms with Crippen LogP contribution < -0.4 is 5.32 Å². The van der Waals surface area contributed by atoms with E-state index in [-0.39, 0.29) is 0 Å². The summed E-state index contributed by atoms with van der Waals surface area (Å²) in [6.07, 6.45) is 3.17. The minimum Gasteiger partial charge on any atom is -0.364 e. The molecular weight excluding hydrogens is 240 g/mol. The van der Waals surface area contributed by atoms with E-state index in [0.29, 0.717) is 0 Å². The minimum atomic E-state index is 1.02. The van der Waals surface area contributed by atoms with Gasteiger partial charge in [-0.3, -0.25) is 0 Å². The Morgan fingerprint density at radius 2 is 1.94 bits per heavy atom. The van der Waals surface area contributed by atoms with Crippen molar-refractivity contribution in [2.24, 2.45) is 0 Å². The zero-order valence-corrected chi connectivity index (χ0v) is 12.0. The van der Waals surface area contributed by atoms with Gasteiger partial charge in [0, 0.05) is 21.7 Å². The molecule has 0 radical (unpaired) electrons. The maximum Gasteiger partial charge on any atom is 0.0329 e. The lowest BCUT2D eigenvalue weighted by Gasteiger charge is -2.08. The molecule has 1 aromatic heterocycles. The molecule has 0 unspecified atom stereocenters. The molecule has 2 aromatic rings. The van der Waals surface area contributed by atoms with Crippen LogP contribution in [0.1, 0.15) is 16.8 Å². The molecule has 18 heavy (non-hydrogen) atoms. The number of hydrogen-bond donors (Lipinski definition) is 2. The molecule has 1 aromatic carbocycles. The number of benzene rings is 1. The van der Waals surface area contributed by atoms with Crippen molar-refractivity contribution in [2.75, 3.05) is 13.6 Å². The van der Waals surface area contributed by atoms with Crippen molar-refractivity contribution in [3.63, 3.8) is 0 Å². The van der Waals surface area contributed by atoms with Crippen LogP contribution >= 0.6 is 11.8 Å². The van der Waals surface area contributed by atoms with Gasteiger partial charge in [-0.1, -0.05) is 30.0 Å². The molecular formula is C15H20N2S. The maximum atomic E-state index is 3.29. The fraction of sp³-hybridized carbons (Fsp3) is 0.333. The van der Waals surface area contributed by atoms with Crippen molar-refractivity contribution in [3.8, 4) is 0 Å². The second kappa shape index (κ2) is 6.12. The van der Waals surface area contributed by atoms with Crippen molar-refractivity contribution in [2.45, 2.75) is 30.1 Å². The normalized spacial score (nSPS) is 10.8. The first-order valence-electron chi connectivity index (χ1n) is 6.27. The Balaban J connectivity index is 2.20. The predicted molar refractivity (Wildman–Crippen MR) is 78.5 cm³/mol. The highest BCUT2D eigenvalue weighted by Gasteiger charge is 2.08. The number of rotatable bonds is 5. The molecule has 96 valence electrons. The molecule has 0 saturated heterocycles. The zero-order chi connectivity index (χ0) is 13.0. The lowest BCUT2D eigenvalue weighted by atomic mass is 10.1. The first-order chi connectivity index (χ1) is 8.72. The highest BCUT2D eigenvalue weighted by Crippen LogP contribution is 2.33. The van der Waals surface area contributed by atoms with Gasteiger partial charge in [-0.15, -0.1) is 0 Å². The van der Waals surface area contributed by atoms with E-state index in [0.717, 1.165) is 13.0 Å². The largest absolute Gasteiger partial charge is 0.364 e. The van der Waals surface area contributed by atoms with Gasteiger partial charge in [-0.2, -0.15) is 0 Å². The number of H-pyrrole nitrogens is 1. The monoisotopic (exact) mass is 260 g/mol. The van der Waals surface area contributed by atoms with E-state index in [1.807, 2.05) is 18.8 Å². The molecule has 0 spiro atoms. The second-order valence-corrected chi connectivity index (χ2v) is 5.55. The van der Waals surface area contributed by atoms with E-state index in [1.165, 1.54) is 26.6 Å². The molecule has 0 aliphatic carbocycles. The molecule has 0 fully saturated rings.